The Kier molecular flexibility index (Phi) is 8.84. The second-order valence-corrected chi connectivity index (χ2v) is 10.7. The van der Waals surface area contributed by atoms with Gasteiger partial charge in [0.1, 0.15) is 5.75 Å². The largest absolute Gasteiger partial charge is 0.490 e. The predicted octanol–water partition coefficient (Wildman–Crippen LogP) is 8.34. The lowest BCUT2D eigenvalue weighted by atomic mass is 9.87. The summed E-state index contributed by atoms with van der Waals surface area (Å²) in [5, 5.41) is 2.30. The highest BCUT2D eigenvalue weighted by Gasteiger charge is 2.41. The van der Waals surface area contributed by atoms with Crippen LogP contribution in [0.15, 0.2) is 30.3 Å². The third-order valence-corrected chi connectivity index (χ3v) is 8.28. The van der Waals surface area contributed by atoms with Gasteiger partial charge in [-0.1, -0.05) is 37.1 Å². The third kappa shape index (κ3) is 6.74. The molecule has 6 heteroatoms. The number of carbonyl (C=O) groups is 1. The Hall–Kier alpha value is -2.24. The first-order valence-corrected chi connectivity index (χ1v) is 13.7. The molecule has 2 atom stereocenters. The third-order valence-electron chi connectivity index (χ3n) is 8.28. The monoisotopic (exact) mass is 504 g/mol. The van der Waals surface area contributed by atoms with Crippen LogP contribution >= 0.6 is 0 Å². The lowest BCUT2D eigenvalue weighted by molar-refractivity contribution is -0.185. The first-order chi connectivity index (χ1) is 17.2. The summed E-state index contributed by atoms with van der Waals surface area (Å²) in [7, 11) is 0. The van der Waals surface area contributed by atoms with Gasteiger partial charge in [-0.15, -0.1) is 0 Å². The molecule has 0 bridgehead atoms. The standard InChI is InChI=1S/C30H39F3O3/c1-3-35-29(34)23-6-4-5-21(9-11-23)7-8-22-10-17-27-20(2)28(18-12-24(27)19-22)36-26-15-13-25(14-16-26)30(31,32)33/h10,12,17-19,21,23,25-26H,3-9,11,13-16H2,1-2H3. The Morgan fingerprint density at radius 2 is 1.75 bits per heavy atom. The van der Waals surface area contributed by atoms with Crippen LogP contribution in [0.4, 0.5) is 13.2 Å². The summed E-state index contributed by atoms with van der Waals surface area (Å²) in [6, 6.07) is 10.6. The van der Waals surface area contributed by atoms with Crippen LogP contribution in [0.1, 0.15) is 82.3 Å². The van der Waals surface area contributed by atoms with Crippen LogP contribution in [0.3, 0.4) is 0 Å². The maximum absolute atomic E-state index is 13.0. The van der Waals surface area contributed by atoms with Gasteiger partial charge in [0.25, 0.3) is 0 Å². The van der Waals surface area contributed by atoms with Crippen LogP contribution in [0.5, 0.6) is 5.75 Å². The molecule has 4 rings (SSSR count). The first kappa shape index (κ1) is 26.8. The van der Waals surface area contributed by atoms with Gasteiger partial charge in [0.2, 0.25) is 0 Å². The molecule has 0 heterocycles. The fraction of sp³-hybridized carbons (Fsp3) is 0.633. The quantitative estimate of drug-likeness (QED) is 0.281. The SMILES string of the molecule is CCOC(=O)C1CCCC(CCc2ccc3c(C)c(OC4CCC(C(F)(F)F)CC4)ccc3c2)CC1. The van der Waals surface area contributed by atoms with Crippen LogP contribution in [-0.4, -0.2) is 24.9 Å². The van der Waals surface area contributed by atoms with E-state index >= 15 is 0 Å². The average Bonchev–Trinajstić information content (AvgIpc) is 3.10. The molecule has 0 saturated heterocycles. The van der Waals surface area contributed by atoms with Gasteiger partial charge in [-0.2, -0.15) is 13.2 Å². The lowest BCUT2D eigenvalue weighted by Crippen LogP contribution is -2.31. The molecule has 2 aromatic rings. The van der Waals surface area contributed by atoms with Gasteiger partial charge in [-0.3, -0.25) is 4.79 Å². The summed E-state index contributed by atoms with van der Waals surface area (Å²) in [6.07, 6.45) is 4.31. The average molecular weight is 505 g/mol. The number of hydrogen-bond donors (Lipinski definition) is 0. The summed E-state index contributed by atoms with van der Waals surface area (Å²) in [5.41, 5.74) is 2.36. The minimum absolute atomic E-state index is 0.0274. The predicted molar refractivity (Wildman–Crippen MR) is 136 cm³/mol. The normalized spacial score (nSPS) is 25.4. The molecule has 3 nitrogen and oxygen atoms in total. The zero-order valence-electron chi connectivity index (χ0n) is 21.5. The number of carbonyl (C=O) groups excluding carboxylic acids is 1. The molecule has 2 unspecified atom stereocenters. The number of fused-ring (bicyclic) bond motifs is 1. The van der Waals surface area contributed by atoms with Crippen LogP contribution in [0.25, 0.3) is 10.8 Å². The summed E-state index contributed by atoms with van der Waals surface area (Å²) in [5.74, 6) is 0.269. The summed E-state index contributed by atoms with van der Waals surface area (Å²) >= 11 is 0. The lowest BCUT2D eigenvalue weighted by Gasteiger charge is -2.30. The second-order valence-electron chi connectivity index (χ2n) is 10.7. The molecule has 2 aliphatic carbocycles. The topological polar surface area (TPSA) is 35.5 Å². The molecular weight excluding hydrogens is 465 g/mol. The number of esters is 1. The molecular formula is C30H39F3O3. The van der Waals surface area contributed by atoms with Gasteiger partial charge in [0.15, 0.2) is 0 Å². The van der Waals surface area contributed by atoms with E-state index in [0.29, 0.717) is 25.4 Å². The molecule has 2 aliphatic rings. The molecule has 2 aromatic carbocycles. The number of rotatable bonds is 7. The van der Waals surface area contributed by atoms with Crippen molar-refractivity contribution < 1.29 is 27.4 Å². The maximum Gasteiger partial charge on any atom is 0.391 e. The van der Waals surface area contributed by atoms with Gasteiger partial charge in [0.05, 0.1) is 24.5 Å². The Balaban J connectivity index is 1.32. The Morgan fingerprint density at radius 1 is 0.972 bits per heavy atom. The molecule has 2 fully saturated rings. The number of halogens is 3. The zero-order valence-corrected chi connectivity index (χ0v) is 21.5. The maximum atomic E-state index is 13.0. The van der Waals surface area contributed by atoms with E-state index in [4.69, 9.17) is 9.47 Å². The zero-order chi connectivity index (χ0) is 25.7. The number of hydrogen-bond acceptors (Lipinski definition) is 3. The van der Waals surface area contributed by atoms with Crippen LogP contribution < -0.4 is 4.74 Å². The smallest absolute Gasteiger partial charge is 0.391 e. The molecule has 2 saturated carbocycles. The van der Waals surface area contributed by atoms with Crippen molar-refractivity contribution in [3.05, 3.63) is 41.5 Å². The van der Waals surface area contributed by atoms with Crippen molar-refractivity contribution >= 4 is 16.7 Å². The van der Waals surface area contributed by atoms with E-state index in [2.05, 4.69) is 24.3 Å². The number of benzene rings is 2. The van der Waals surface area contributed by atoms with Crippen molar-refractivity contribution in [3.8, 4) is 5.75 Å². The van der Waals surface area contributed by atoms with Crippen molar-refractivity contribution in [2.24, 2.45) is 17.8 Å². The molecule has 198 valence electrons. The van der Waals surface area contributed by atoms with E-state index in [1.807, 2.05) is 19.9 Å². The van der Waals surface area contributed by atoms with Crippen molar-refractivity contribution in [2.75, 3.05) is 6.61 Å². The summed E-state index contributed by atoms with van der Waals surface area (Å²) in [6.45, 7) is 4.35. The van der Waals surface area contributed by atoms with Crippen molar-refractivity contribution in [2.45, 2.75) is 96.8 Å². The van der Waals surface area contributed by atoms with Gasteiger partial charge in [-0.25, -0.2) is 0 Å². The number of alkyl halides is 3. The fourth-order valence-corrected chi connectivity index (χ4v) is 6.02. The van der Waals surface area contributed by atoms with Crippen LogP contribution in [-0.2, 0) is 16.0 Å². The summed E-state index contributed by atoms with van der Waals surface area (Å²) in [4.78, 5) is 12.1. The van der Waals surface area contributed by atoms with E-state index in [-0.39, 0.29) is 30.8 Å². The fourth-order valence-electron chi connectivity index (χ4n) is 6.02. The van der Waals surface area contributed by atoms with Crippen molar-refractivity contribution in [3.63, 3.8) is 0 Å². The van der Waals surface area contributed by atoms with Gasteiger partial charge >= 0.3 is 12.1 Å². The minimum Gasteiger partial charge on any atom is -0.490 e. The molecule has 0 aromatic heterocycles. The highest BCUT2D eigenvalue weighted by atomic mass is 19.4. The summed E-state index contributed by atoms with van der Waals surface area (Å²) < 4.78 is 50.3. The van der Waals surface area contributed by atoms with Gasteiger partial charge < -0.3 is 9.47 Å². The van der Waals surface area contributed by atoms with Crippen LogP contribution in [0, 0.1) is 24.7 Å². The molecule has 0 spiro atoms. The Labute approximate surface area is 212 Å². The second kappa shape index (κ2) is 11.9. The van der Waals surface area contributed by atoms with E-state index in [0.717, 1.165) is 55.2 Å². The van der Waals surface area contributed by atoms with Crippen molar-refractivity contribution in [1.82, 2.24) is 0 Å². The van der Waals surface area contributed by atoms with Crippen LogP contribution in [0.2, 0.25) is 0 Å². The molecule has 0 radical (unpaired) electrons. The minimum atomic E-state index is -4.09. The van der Waals surface area contributed by atoms with Gasteiger partial charge in [0, 0.05) is 0 Å². The molecule has 0 N–H and O–H groups in total. The molecule has 36 heavy (non-hydrogen) atoms. The van der Waals surface area contributed by atoms with E-state index in [1.54, 1.807) is 0 Å². The number of ether oxygens (including phenoxy) is 2. The van der Waals surface area contributed by atoms with E-state index in [9.17, 15) is 18.0 Å². The van der Waals surface area contributed by atoms with Crippen molar-refractivity contribution in [1.29, 1.82) is 0 Å². The highest BCUT2D eigenvalue weighted by Crippen LogP contribution is 2.39. The highest BCUT2D eigenvalue weighted by molar-refractivity contribution is 5.88. The molecule has 0 aliphatic heterocycles. The molecule has 0 amide bonds. The van der Waals surface area contributed by atoms with E-state index < -0.39 is 12.1 Å². The Bertz CT molecular complexity index is 1020. The van der Waals surface area contributed by atoms with E-state index in [1.165, 1.54) is 17.4 Å². The first-order valence-electron chi connectivity index (χ1n) is 13.7. The Morgan fingerprint density at radius 3 is 2.47 bits per heavy atom. The van der Waals surface area contributed by atoms with Gasteiger partial charge in [-0.05, 0) is 106 Å². The number of aryl methyl sites for hydroxylation is 2.